The van der Waals surface area contributed by atoms with Gasteiger partial charge in [0.1, 0.15) is 5.60 Å². The number of hydrogen-bond donors (Lipinski definition) is 1. The third-order valence-corrected chi connectivity index (χ3v) is 3.37. The van der Waals surface area contributed by atoms with Gasteiger partial charge in [0.15, 0.2) is 0 Å². The van der Waals surface area contributed by atoms with Gasteiger partial charge >= 0.3 is 6.09 Å². The summed E-state index contributed by atoms with van der Waals surface area (Å²) < 4.78 is 5.40. The molecule has 1 heterocycles. The first-order chi connectivity index (χ1) is 8.76. The molecule has 1 rings (SSSR count). The van der Waals surface area contributed by atoms with E-state index in [0.29, 0.717) is 0 Å². The minimum atomic E-state index is -0.414. The van der Waals surface area contributed by atoms with E-state index in [0.717, 1.165) is 32.5 Å². The van der Waals surface area contributed by atoms with Crippen LogP contribution >= 0.6 is 0 Å². The third-order valence-electron chi connectivity index (χ3n) is 3.37. The predicted molar refractivity (Wildman–Crippen MR) is 78.0 cm³/mol. The van der Waals surface area contributed by atoms with Crippen molar-refractivity contribution in [2.24, 2.45) is 5.41 Å². The van der Waals surface area contributed by atoms with Crippen LogP contribution in [0.5, 0.6) is 0 Å². The molecule has 0 spiro atoms. The molecule has 0 radical (unpaired) electrons. The van der Waals surface area contributed by atoms with Crippen molar-refractivity contribution in [3.63, 3.8) is 0 Å². The van der Waals surface area contributed by atoms with Crippen molar-refractivity contribution in [2.45, 2.75) is 53.1 Å². The third kappa shape index (κ3) is 5.53. The quantitative estimate of drug-likeness (QED) is 0.855. The number of carbonyl (C=O) groups is 1. The van der Waals surface area contributed by atoms with Crippen LogP contribution in [0.15, 0.2) is 12.3 Å². The number of likely N-dealkylation sites (tertiary alicyclic amines) is 1. The predicted octanol–water partition coefficient (Wildman–Crippen LogP) is 3.15. The van der Waals surface area contributed by atoms with Crippen LogP contribution in [-0.2, 0) is 4.74 Å². The fourth-order valence-corrected chi connectivity index (χ4v) is 2.07. The molecule has 0 aromatic heterocycles. The summed E-state index contributed by atoms with van der Waals surface area (Å²) in [5.41, 5.74) is -0.233. The summed E-state index contributed by atoms with van der Waals surface area (Å²) in [6, 6.07) is 0. The molecule has 0 bridgehead atoms. The maximum atomic E-state index is 12.0. The standard InChI is InChI=1S/C15H28N2O2/c1-6-16-10-7-15(5)8-11-17(12-9-15)13(18)19-14(2,3)4/h7,10,16H,6,8-9,11-12H2,1-5H3/b10-7-. The second-order valence-corrected chi connectivity index (χ2v) is 6.51. The molecule has 1 amide bonds. The SMILES string of the molecule is CCN/C=C\C1(C)CCN(C(=O)OC(C)(C)C)CC1. The summed E-state index contributed by atoms with van der Waals surface area (Å²) in [5.74, 6) is 0. The average Bonchev–Trinajstić information content (AvgIpc) is 2.27. The van der Waals surface area contributed by atoms with Crippen LogP contribution in [0.1, 0.15) is 47.5 Å². The van der Waals surface area contributed by atoms with Gasteiger partial charge in [-0.3, -0.25) is 0 Å². The maximum absolute atomic E-state index is 12.0. The number of nitrogens with one attached hydrogen (secondary N) is 1. The van der Waals surface area contributed by atoms with Crippen molar-refractivity contribution >= 4 is 6.09 Å². The van der Waals surface area contributed by atoms with Gasteiger partial charge < -0.3 is 15.0 Å². The Morgan fingerprint density at radius 3 is 2.42 bits per heavy atom. The molecular weight excluding hydrogens is 240 g/mol. The summed E-state index contributed by atoms with van der Waals surface area (Å²) in [6.45, 7) is 12.5. The monoisotopic (exact) mass is 268 g/mol. The Kier molecular flexibility index (Phi) is 5.27. The smallest absolute Gasteiger partial charge is 0.410 e. The van der Waals surface area contributed by atoms with Crippen molar-refractivity contribution in [2.75, 3.05) is 19.6 Å². The number of ether oxygens (including phenoxy) is 1. The number of allylic oxidation sites excluding steroid dienone is 1. The van der Waals surface area contributed by atoms with Crippen molar-refractivity contribution in [1.82, 2.24) is 10.2 Å². The maximum Gasteiger partial charge on any atom is 0.410 e. The lowest BCUT2D eigenvalue weighted by atomic mass is 9.80. The summed E-state index contributed by atoms with van der Waals surface area (Å²) in [5, 5.41) is 3.20. The van der Waals surface area contributed by atoms with Gasteiger partial charge in [-0.05, 0) is 52.2 Å². The van der Waals surface area contributed by atoms with Gasteiger partial charge in [-0.15, -0.1) is 0 Å². The van der Waals surface area contributed by atoms with Crippen LogP contribution in [0.3, 0.4) is 0 Å². The van der Waals surface area contributed by atoms with Crippen LogP contribution in [0.2, 0.25) is 0 Å². The largest absolute Gasteiger partial charge is 0.444 e. The van der Waals surface area contributed by atoms with Crippen LogP contribution < -0.4 is 5.32 Å². The molecule has 19 heavy (non-hydrogen) atoms. The minimum absolute atomic E-state index is 0.181. The van der Waals surface area contributed by atoms with Crippen LogP contribution in [-0.4, -0.2) is 36.2 Å². The number of hydrogen-bond acceptors (Lipinski definition) is 3. The molecule has 1 aliphatic rings. The Bertz CT molecular complexity index is 324. The molecule has 0 saturated carbocycles. The van der Waals surface area contributed by atoms with Gasteiger partial charge in [0.25, 0.3) is 0 Å². The highest BCUT2D eigenvalue weighted by Gasteiger charge is 2.31. The Morgan fingerprint density at radius 1 is 1.37 bits per heavy atom. The van der Waals surface area contributed by atoms with E-state index >= 15 is 0 Å². The molecule has 0 aromatic carbocycles. The summed E-state index contributed by atoms with van der Waals surface area (Å²) in [6.07, 6.45) is 6.03. The highest BCUT2D eigenvalue weighted by atomic mass is 16.6. The van der Waals surface area contributed by atoms with Crippen molar-refractivity contribution in [3.05, 3.63) is 12.3 Å². The van der Waals surface area contributed by atoms with Crippen LogP contribution in [0.25, 0.3) is 0 Å². The Hall–Kier alpha value is -1.19. The van der Waals surface area contributed by atoms with Gasteiger partial charge in [0.2, 0.25) is 0 Å². The first-order valence-electron chi connectivity index (χ1n) is 7.15. The fraction of sp³-hybridized carbons (Fsp3) is 0.800. The fourth-order valence-electron chi connectivity index (χ4n) is 2.07. The molecule has 0 unspecified atom stereocenters. The van der Waals surface area contributed by atoms with E-state index in [1.165, 1.54) is 0 Å². The molecule has 110 valence electrons. The highest BCUT2D eigenvalue weighted by molar-refractivity contribution is 5.68. The molecule has 0 aliphatic carbocycles. The van der Waals surface area contributed by atoms with Gasteiger partial charge in [0.05, 0.1) is 0 Å². The molecule has 0 atom stereocenters. The molecule has 0 aromatic rings. The lowest BCUT2D eigenvalue weighted by molar-refractivity contribution is 0.0155. The first-order valence-corrected chi connectivity index (χ1v) is 7.15. The van der Waals surface area contributed by atoms with E-state index in [-0.39, 0.29) is 11.5 Å². The normalized spacial score (nSPS) is 19.5. The zero-order chi connectivity index (χ0) is 14.5. The Balaban J connectivity index is 2.46. The van der Waals surface area contributed by atoms with E-state index in [2.05, 4.69) is 25.2 Å². The van der Waals surface area contributed by atoms with Crippen LogP contribution in [0.4, 0.5) is 4.79 Å². The van der Waals surface area contributed by atoms with Crippen molar-refractivity contribution < 1.29 is 9.53 Å². The topological polar surface area (TPSA) is 41.6 Å². The second-order valence-electron chi connectivity index (χ2n) is 6.51. The molecular formula is C15H28N2O2. The number of rotatable bonds is 3. The molecule has 4 heteroatoms. The zero-order valence-electron chi connectivity index (χ0n) is 13.0. The van der Waals surface area contributed by atoms with Gasteiger partial charge in [-0.2, -0.15) is 0 Å². The number of piperidine rings is 1. The van der Waals surface area contributed by atoms with Gasteiger partial charge in [-0.25, -0.2) is 4.79 Å². The minimum Gasteiger partial charge on any atom is -0.444 e. The lowest BCUT2D eigenvalue weighted by Gasteiger charge is -2.38. The molecule has 1 aliphatic heterocycles. The number of amides is 1. The van der Waals surface area contributed by atoms with Crippen molar-refractivity contribution in [1.29, 1.82) is 0 Å². The van der Waals surface area contributed by atoms with E-state index in [4.69, 9.17) is 4.74 Å². The van der Waals surface area contributed by atoms with Gasteiger partial charge in [-0.1, -0.05) is 13.0 Å². The van der Waals surface area contributed by atoms with E-state index < -0.39 is 5.60 Å². The number of nitrogens with zero attached hydrogens (tertiary/aromatic N) is 1. The molecule has 1 fully saturated rings. The molecule has 4 nitrogen and oxygen atoms in total. The molecule has 1 saturated heterocycles. The van der Waals surface area contributed by atoms with E-state index in [1.807, 2.05) is 31.9 Å². The zero-order valence-corrected chi connectivity index (χ0v) is 13.0. The summed E-state index contributed by atoms with van der Waals surface area (Å²) in [7, 11) is 0. The van der Waals surface area contributed by atoms with E-state index in [9.17, 15) is 4.79 Å². The summed E-state index contributed by atoms with van der Waals surface area (Å²) >= 11 is 0. The average molecular weight is 268 g/mol. The second kappa shape index (κ2) is 6.31. The first kappa shape index (κ1) is 15.9. The molecule has 1 N–H and O–H groups in total. The van der Waals surface area contributed by atoms with E-state index in [1.54, 1.807) is 0 Å². The Labute approximate surface area is 117 Å². The summed E-state index contributed by atoms with van der Waals surface area (Å²) in [4.78, 5) is 13.8. The highest BCUT2D eigenvalue weighted by Crippen LogP contribution is 2.32. The van der Waals surface area contributed by atoms with Crippen molar-refractivity contribution in [3.8, 4) is 0 Å². The van der Waals surface area contributed by atoms with Crippen LogP contribution in [0, 0.1) is 5.41 Å². The number of carbonyl (C=O) groups excluding carboxylic acids is 1. The Morgan fingerprint density at radius 2 is 1.95 bits per heavy atom. The lowest BCUT2D eigenvalue weighted by Crippen LogP contribution is -2.44. The van der Waals surface area contributed by atoms with Gasteiger partial charge in [0, 0.05) is 19.6 Å².